The van der Waals surface area contributed by atoms with Crippen LogP contribution in [0.1, 0.15) is 84.0 Å². The quantitative estimate of drug-likeness (QED) is 0.469. The van der Waals surface area contributed by atoms with E-state index in [2.05, 4.69) is 6.92 Å². The number of nitrogens with zero attached hydrogens (tertiary/aromatic N) is 1. The average Bonchev–Trinajstić information content (AvgIpc) is 2.95. The van der Waals surface area contributed by atoms with Crippen LogP contribution in [0.3, 0.4) is 0 Å². The second kappa shape index (κ2) is 13.4. The van der Waals surface area contributed by atoms with Gasteiger partial charge in [0.15, 0.2) is 0 Å². The molecule has 1 fully saturated rings. The molecule has 124 valence electrons. The van der Waals surface area contributed by atoms with Crippen molar-refractivity contribution in [3.63, 3.8) is 0 Å². The van der Waals surface area contributed by atoms with E-state index in [-0.39, 0.29) is 35.5 Å². The topological polar surface area (TPSA) is 57.6 Å². The number of amides is 1. The van der Waals surface area contributed by atoms with Gasteiger partial charge in [-0.1, -0.05) is 58.3 Å². The van der Waals surface area contributed by atoms with Crippen LogP contribution in [0.5, 0.6) is 0 Å². The summed E-state index contributed by atoms with van der Waals surface area (Å²) >= 11 is 0. The zero-order valence-corrected chi connectivity index (χ0v) is 13.5. The van der Waals surface area contributed by atoms with Crippen molar-refractivity contribution in [1.29, 1.82) is 0 Å². The first-order chi connectivity index (χ1) is 10.2. The van der Waals surface area contributed by atoms with E-state index in [0.717, 1.165) is 19.3 Å². The number of carboxylic acids is 1. The first-order valence-corrected chi connectivity index (χ1v) is 8.69. The van der Waals surface area contributed by atoms with Gasteiger partial charge in [-0.3, -0.25) is 4.79 Å². The van der Waals surface area contributed by atoms with E-state index in [0.29, 0.717) is 19.4 Å². The molecule has 5 heteroatoms. The molecule has 1 atom stereocenters. The van der Waals surface area contributed by atoms with Gasteiger partial charge in [0.1, 0.15) is 6.04 Å². The minimum absolute atomic E-state index is 0. The third kappa shape index (κ3) is 8.54. The van der Waals surface area contributed by atoms with E-state index < -0.39 is 12.0 Å². The third-order valence-electron chi connectivity index (χ3n) is 4.35. The minimum atomic E-state index is -0.854. The molecule has 0 saturated carbocycles. The monoisotopic (exact) mass is 321 g/mol. The van der Waals surface area contributed by atoms with Gasteiger partial charge in [-0.25, -0.2) is 4.79 Å². The maximum atomic E-state index is 12.0. The molecule has 1 amide bonds. The van der Waals surface area contributed by atoms with Crippen LogP contribution in [0, 0.1) is 0 Å². The summed E-state index contributed by atoms with van der Waals surface area (Å²) in [7, 11) is 0. The van der Waals surface area contributed by atoms with E-state index in [1.54, 1.807) is 4.90 Å². The molecule has 22 heavy (non-hydrogen) atoms. The summed E-state index contributed by atoms with van der Waals surface area (Å²) < 4.78 is 0. The molecule has 0 aromatic heterocycles. The molecule has 1 aliphatic heterocycles. The van der Waals surface area contributed by atoms with Crippen LogP contribution in [0.15, 0.2) is 0 Å². The third-order valence-corrected chi connectivity index (χ3v) is 4.35. The predicted octanol–water partition coefficient (Wildman–Crippen LogP) is 3.33. The number of carboxylic acid groups (broad SMARTS) is 1. The van der Waals surface area contributed by atoms with E-state index in [1.807, 2.05) is 0 Å². The summed E-state index contributed by atoms with van der Waals surface area (Å²) in [5.41, 5.74) is 0. The van der Waals surface area contributed by atoms with Crippen molar-refractivity contribution in [2.24, 2.45) is 0 Å². The summed E-state index contributed by atoms with van der Waals surface area (Å²) in [6.45, 7) is 2.85. The van der Waals surface area contributed by atoms with Crippen LogP contribution >= 0.6 is 0 Å². The summed E-state index contributed by atoms with van der Waals surface area (Å²) in [6, 6.07) is -0.573. The first-order valence-electron chi connectivity index (χ1n) is 8.69. The SMILES string of the molecule is CCCCCCCCCCCC(=O)N1CCCC1C(=O)O.[NaH]. The molecule has 0 aromatic rings. The molecule has 1 N–H and O–H groups in total. The Kier molecular flexibility index (Phi) is 13.3. The molecular weight excluding hydrogens is 289 g/mol. The number of carbonyl (C=O) groups is 2. The van der Waals surface area contributed by atoms with Crippen molar-refractivity contribution < 1.29 is 14.7 Å². The fraction of sp³-hybridized carbons (Fsp3) is 0.882. The summed E-state index contributed by atoms with van der Waals surface area (Å²) in [5, 5.41) is 9.07. The number of carbonyl (C=O) groups excluding carboxylic acids is 1. The molecule has 0 bridgehead atoms. The van der Waals surface area contributed by atoms with Crippen molar-refractivity contribution in [3.8, 4) is 0 Å². The van der Waals surface area contributed by atoms with E-state index in [4.69, 9.17) is 5.11 Å². The van der Waals surface area contributed by atoms with Crippen molar-refractivity contribution in [2.45, 2.75) is 90.0 Å². The number of hydrogen-bond donors (Lipinski definition) is 1. The van der Waals surface area contributed by atoms with Gasteiger partial charge in [-0.15, -0.1) is 0 Å². The number of rotatable bonds is 11. The molecule has 1 rings (SSSR count). The predicted molar refractivity (Wildman–Crippen MR) is 91.4 cm³/mol. The molecule has 0 aliphatic carbocycles. The molecule has 4 nitrogen and oxygen atoms in total. The number of unbranched alkanes of at least 4 members (excludes halogenated alkanes) is 8. The summed E-state index contributed by atoms with van der Waals surface area (Å²) in [5.74, 6) is -0.823. The second-order valence-corrected chi connectivity index (χ2v) is 6.16. The van der Waals surface area contributed by atoms with E-state index >= 15 is 0 Å². The Balaban J connectivity index is 0.00000441. The molecule has 0 aromatic carbocycles. The Labute approximate surface area is 157 Å². The molecule has 0 radical (unpaired) electrons. The summed E-state index contributed by atoms with van der Waals surface area (Å²) in [4.78, 5) is 24.6. The zero-order valence-electron chi connectivity index (χ0n) is 13.5. The van der Waals surface area contributed by atoms with Crippen molar-refractivity contribution in [3.05, 3.63) is 0 Å². The fourth-order valence-corrected chi connectivity index (χ4v) is 3.05. The Morgan fingerprint density at radius 3 is 2.09 bits per heavy atom. The second-order valence-electron chi connectivity index (χ2n) is 6.16. The van der Waals surface area contributed by atoms with Crippen molar-refractivity contribution in [2.75, 3.05) is 6.54 Å². The molecule has 0 spiro atoms. The Hall–Kier alpha value is -0.0600. The van der Waals surface area contributed by atoms with Gasteiger partial charge in [0.2, 0.25) is 5.91 Å². The van der Waals surface area contributed by atoms with Crippen molar-refractivity contribution in [1.82, 2.24) is 4.90 Å². The van der Waals surface area contributed by atoms with Gasteiger partial charge in [-0.05, 0) is 19.3 Å². The number of likely N-dealkylation sites (tertiary alicyclic amines) is 1. The average molecular weight is 321 g/mol. The van der Waals surface area contributed by atoms with Crippen molar-refractivity contribution >= 4 is 41.4 Å². The van der Waals surface area contributed by atoms with Gasteiger partial charge in [0.25, 0.3) is 0 Å². The van der Waals surface area contributed by atoms with Gasteiger partial charge in [-0.2, -0.15) is 0 Å². The van der Waals surface area contributed by atoms with Crippen LogP contribution in [-0.2, 0) is 9.59 Å². The van der Waals surface area contributed by atoms with E-state index in [9.17, 15) is 9.59 Å². The van der Waals surface area contributed by atoms with Gasteiger partial charge >= 0.3 is 35.5 Å². The van der Waals surface area contributed by atoms with Crippen LogP contribution in [0.25, 0.3) is 0 Å². The first kappa shape index (κ1) is 21.9. The number of hydrogen-bond acceptors (Lipinski definition) is 2. The molecule has 1 saturated heterocycles. The van der Waals surface area contributed by atoms with Crippen LogP contribution < -0.4 is 0 Å². The Morgan fingerprint density at radius 2 is 1.55 bits per heavy atom. The van der Waals surface area contributed by atoms with E-state index in [1.165, 1.54) is 44.9 Å². The molecular formula is C17H32NNaO3. The van der Waals surface area contributed by atoms with Gasteiger partial charge in [0.05, 0.1) is 0 Å². The molecule has 1 aliphatic rings. The normalized spacial score (nSPS) is 17.3. The molecule has 1 unspecified atom stereocenters. The Bertz CT molecular complexity index is 323. The van der Waals surface area contributed by atoms with Crippen LogP contribution in [0.4, 0.5) is 0 Å². The number of aliphatic carboxylic acids is 1. The Morgan fingerprint density at radius 1 is 1.00 bits per heavy atom. The van der Waals surface area contributed by atoms with Gasteiger partial charge in [0, 0.05) is 13.0 Å². The standard InChI is InChI=1S/C17H31NO3.Na.H/c1-2-3-4-5-6-7-8-9-10-13-16(19)18-14-11-12-15(18)17(20)21;;/h15H,2-14H2,1H3,(H,20,21);;. The van der Waals surface area contributed by atoms with Crippen LogP contribution in [-0.4, -0.2) is 64.0 Å². The van der Waals surface area contributed by atoms with Crippen LogP contribution in [0.2, 0.25) is 0 Å². The fourth-order valence-electron chi connectivity index (χ4n) is 3.05. The maximum absolute atomic E-state index is 12.0. The molecule has 1 heterocycles. The van der Waals surface area contributed by atoms with Gasteiger partial charge < -0.3 is 10.0 Å². The summed E-state index contributed by atoms with van der Waals surface area (Å²) in [6.07, 6.45) is 13.0. The zero-order chi connectivity index (χ0) is 15.5.